The highest BCUT2D eigenvalue weighted by Crippen LogP contribution is 2.28. The Bertz CT molecular complexity index is 917. The van der Waals surface area contributed by atoms with Crippen LogP contribution < -0.4 is 4.74 Å². The van der Waals surface area contributed by atoms with Gasteiger partial charge in [0.1, 0.15) is 24.1 Å². The quantitative estimate of drug-likeness (QED) is 0.237. The smallest absolute Gasteiger partial charge is 0.338 e. The highest BCUT2D eigenvalue weighted by molar-refractivity contribution is 5.89. The van der Waals surface area contributed by atoms with E-state index in [0.717, 1.165) is 24.2 Å². The first-order valence-electron chi connectivity index (χ1n) is 12.2. The summed E-state index contributed by atoms with van der Waals surface area (Å²) in [6.07, 6.45) is -1.39. The molecule has 1 heterocycles. The highest BCUT2D eigenvalue weighted by Gasteiger charge is 2.49. The summed E-state index contributed by atoms with van der Waals surface area (Å²) in [6.45, 7) is 6.70. The monoisotopic (exact) mass is 500 g/mol. The molecule has 1 saturated heterocycles. The molecule has 196 valence electrons. The number of aliphatic hydroxyl groups excluding tert-OH is 1. The number of hydrogen-bond donors (Lipinski definition) is 1. The minimum Gasteiger partial charge on any atom is -0.497 e. The Balaban J connectivity index is 1.72. The highest BCUT2D eigenvalue weighted by atomic mass is 16.7. The average molecular weight is 501 g/mol. The van der Waals surface area contributed by atoms with Crippen molar-refractivity contribution in [3.8, 4) is 5.75 Å². The van der Waals surface area contributed by atoms with Crippen LogP contribution in [0.15, 0.2) is 67.3 Å². The van der Waals surface area contributed by atoms with Crippen LogP contribution in [-0.2, 0) is 30.3 Å². The maximum atomic E-state index is 12.8. The lowest BCUT2D eigenvalue weighted by molar-refractivity contribution is -0.306. The van der Waals surface area contributed by atoms with Gasteiger partial charge in [-0.3, -0.25) is 0 Å². The van der Waals surface area contributed by atoms with Crippen molar-refractivity contribution in [3.63, 3.8) is 0 Å². The van der Waals surface area contributed by atoms with E-state index in [-0.39, 0.29) is 13.2 Å². The lowest BCUT2D eigenvalue weighted by Gasteiger charge is -2.43. The second-order valence-corrected chi connectivity index (χ2v) is 8.44. The summed E-state index contributed by atoms with van der Waals surface area (Å²) < 4.78 is 34.7. The third-order valence-electron chi connectivity index (χ3n) is 5.77. The van der Waals surface area contributed by atoms with Crippen LogP contribution in [0.2, 0.25) is 0 Å². The molecule has 5 atom stereocenters. The number of esters is 1. The lowest BCUT2D eigenvalue weighted by Crippen LogP contribution is -2.61. The first kappa shape index (κ1) is 27.8. The Kier molecular flexibility index (Phi) is 11.4. The van der Waals surface area contributed by atoms with Gasteiger partial charge in [-0.15, -0.1) is 6.58 Å². The Morgan fingerprint density at radius 2 is 1.83 bits per heavy atom. The van der Waals surface area contributed by atoms with Gasteiger partial charge in [0, 0.05) is 6.61 Å². The number of carbonyl (C=O) groups excluding carboxylic acids is 1. The van der Waals surface area contributed by atoms with Crippen molar-refractivity contribution < 1.29 is 38.3 Å². The van der Waals surface area contributed by atoms with Gasteiger partial charge in [-0.25, -0.2) is 4.79 Å². The van der Waals surface area contributed by atoms with E-state index in [1.54, 1.807) is 37.5 Å². The van der Waals surface area contributed by atoms with Gasteiger partial charge in [0.25, 0.3) is 0 Å². The van der Waals surface area contributed by atoms with Crippen LogP contribution in [0.5, 0.6) is 5.75 Å². The van der Waals surface area contributed by atoms with E-state index in [2.05, 4.69) is 6.58 Å². The first-order valence-corrected chi connectivity index (χ1v) is 12.2. The molecule has 8 heteroatoms. The number of rotatable bonds is 14. The summed E-state index contributed by atoms with van der Waals surface area (Å²) in [5.74, 6) is 0.206. The number of aliphatic hydroxyl groups is 1. The lowest BCUT2D eigenvalue weighted by atomic mass is 9.98. The molecule has 0 aromatic heterocycles. The van der Waals surface area contributed by atoms with Crippen LogP contribution >= 0.6 is 0 Å². The molecule has 0 radical (unpaired) electrons. The summed E-state index contributed by atoms with van der Waals surface area (Å²) in [5, 5.41) is 11.2. The van der Waals surface area contributed by atoms with Crippen molar-refractivity contribution in [3.05, 3.63) is 78.4 Å². The Morgan fingerprint density at radius 3 is 2.50 bits per heavy atom. The molecule has 2 aromatic carbocycles. The molecule has 0 spiro atoms. The molecular formula is C28H36O8. The maximum absolute atomic E-state index is 12.8. The molecule has 2 aromatic rings. The number of benzene rings is 2. The number of methoxy groups -OCH3 is 1. The van der Waals surface area contributed by atoms with Gasteiger partial charge in [-0.05, 0) is 36.2 Å². The molecule has 3 rings (SSSR count). The summed E-state index contributed by atoms with van der Waals surface area (Å²) in [5.41, 5.74) is 1.33. The van der Waals surface area contributed by atoms with Crippen LogP contribution in [-0.4, -0.2) is 68.7 Å². The summed E-state index contributed by atoms with van der Waals surface area (Å²) >= 11 is 0. The molecule has 0 aliphatic carbocycles. The Hall–Kier alpha value is -2.75. The van der Waals surface area contributed by atoms with Crippen molar-refractivity contribution in [2.24, 2.45) is 0 Å². The fraction of sp³-hybridized carbons (Fsp3) is 0.464. The molecule has 5 unspecified atom stereocenters. The van der Waals surface area contributed by atoms with Crippen molar-refractivity contribution in [1.29, 1.82) is 0 Å². The molecule has 1 aliphatic rings. The minimum absolute atomic E-state index is 0.0914. The second-order valence-electron chi connectivity index (χ2n) is 8.44. The molecule has 0 bridgehead atoms. The molecule has 0 amide bonds. The standard InChI is InChI=1S/C28H36O8/c1-4-6-17-33-25-24(29)23(19-32-18-20-12-14-22(31-3)15-13-20)35-28(34-16-5-2)26(25)36-27(30)21-10-8-7-9-11-21/h5,7-15,23-26,28-29H,2,4,6,16-19H2,1,3H3. The largest absolute Gasteiger partial charge is 0.497 e. The van der Waals surface area contributed by atoms with Gasteiger partial charge < -0.3 is 33.5 Å². The van der Waals surface area contributed by atoms with Crippen LogP contribution in [0, 0.1) is 0 Å². The first-order chi connectivity index (χ1) is 17.6. The van der Waals surface area contributed by atoms with Crippen LogP contribution in [0.3, 0.4) is 0 Å². The van der Waals surface area contributed by atoms with E-state index in [4.69, 9.17) is 28.4 Å². The van der Waals surface area contributed by atoms with Gasteiger partial charge in [0.15, 0.2) is 12.4 Å². The fourth-order valence-electron chi connectivity index (χ4n) is 3.79. The summed E-state index contributed by atoms with van der Waals surface area (Å²) in [4.78, 5) is 12.8. The number of unbranched alkanes of at least 4 members (excludes halogenated alkanes) is 1. The fourth-order valence-corrected chi connectivity index (χ4v) is 3.79. The molecule has 1 fully saturated rings. The van der Waals surface area contributed by atoms with Crippen molar-refractivity contribution in [1.82, 2.24) is 0 Å². The van der Waals surface area contributed by atoms with Gasteiger partial charge >= 0.3 is 5.97 Å². The van der Waals surface area contributed by atoms with E-state index in [9.17, 15) is 9.90 Å². The summed E-state index contributed by atoms with van der Waals surface area (Å²) in [7, 11) is 1.61. The Morgan fingerprint density at radius 1 is 1.08 bits per heavy atom. The van der Waals surface area contributed by atoms with E-state index < -0.39 is 36.7 Å². The zero-order chi connectivity index (χ0) is 25.8. The van der Waals surface area contributed by atoms with Crippen LogP contribution in [0.4, 0.5) is 0 Å². The maximum Gasteiger partial charge on any atom is 0.338 e. The third-order valence-corrected chi connectivity index (χ3v) is 5.77. The van der Waals surface area contributed by atoms with Crippen molar-refractivity contribution >= 4 is 5.97 Å². The van der Waals surface area contributed by atoms with Crippen molar-refractivity contribution in [2.75, 3.05) is 26.9 Å². The molecular weight excluding hydrogens is 464 g/mol. The van der Waals surface area contributed by atoms with Crippen LogP contribution in [0.1, 0.15) is 35.7 Å². The molecule has 1 aliphatic heterocycles. The Labute approximate surface area is 212 Å². The van der Waals surface area contributed by atoms with Gasteiger partial charge in [-0.2, -0.15) is 0 Å². The molecule has 8 nitrogen and oxygen atoms in total. The minimum atomic E-state index is -1.10. The number of carbonyl (C=O) groups is 1. The van der Waals surface area contributed by atoms with Crippen molar-refractivity contribution in [2.45, 2.75) is 57.1 Å². The normalized spacial score (nSPS) is 23.7. The second kappa shape index (κ2) is 14.7. The summed E-state index contributed by atoms with van der Waals surface area (Å²) in [6, 6.07) is 16.1. The topological polar surface area (TPSA) is 92.7 Å². The molecule has 0 saturated carbocycles. The predicted octanol–water partition coefficient (Wildman–Crippen LogP) is 3.91. The van der Waals surface area contributed by atoms with Gasteiger partial charge in [-0.1, -0.05) is 49.8 Å². The number of ether oxygens (including phenoxy) is 6. The van der Waals surface area contributed by atoms with E-state index in [1.165, 1.54) is 0 Å². The SMILES string of the molecule is C=CCOC1OC(COCc2ccc(OC)cc2)C(O)C(OCCCC)C1OC(=O)c1ccccc1. The number of hydrogen-bond acceptors (Lipinski definition) is 8. The zero-order valence-electron chi connectivity index (χ0n) is 20.9. The average Bonchev–Trinajstić information content (AvgIpc) is 2.91. The zero-order valence-corrected chi connectivity index (χ0v) is 20.9. The molecule has 36 heavy (non-hydrogen) atoms. The molecule has 1 N–H and O–H groups in total. The van der Waals surface area contributed by atoms with Gasteiger partial charge in [0.05, 0.1) is 32.5 Å². The predicted molar refractivity (Wildman–Crippen MR) is 134 cm³/mol. The van der Waals surface area contributed by atoms with Gasteiger partial charge in [0.2, 0.25) is 0 Å². The third kappa shape index (κ3) is 7.88. The van der Waals surface area contributed by atoms with E-state index >= 15 is 0 Å². The van der Waals surface area contributed by atoms with E-state index in [0.29, 0.717) is 18.8 Å². The van der Waals surface area contributed by atoms with E-state index in [1.807, 2.05) is 37.3 Å². The van der Waals surface area contributed by atoms with Crippen LogP contribution in [0.25, 0.3) is 0 Å².